The molecule has 134 valence electrons. The van der Waals surface area contributed by atoms with E-state index < -0.39 is 20.0 Å². The highest BCUT2D eigenvalue weighted by molar-refractivity contribution is 7.93. The van der Waals surface area contributed by atoms with Gasteiger partial charge in [-0.05, 0) is 55.7 Å². The first-order chi connectivity index (χ1) is 11.7. The molecule has 0 saturated heterocycles. The molecule has 0 unspecified atom stereocenters. The molecule has 25 heavy (non-hydrogen) atoms. The Bertz CT molecular complexity index is 1020. The van der Waals surface area contributed by atoms with Crippen molar-refractivity contribution in [2.45, 2.75) is 35.6 Å². The summed E-state index contributed by atoms with van der Waals surface area (Å²) in [4.78, 5) is -0.216. The summed E-state index contributed by atoms with van der Waals surface area (Å²) in [5.41, 5.74) is 1.13. The molecule has 0 bridgehead atoms. The number of anilines is 1. The van der Waals surface area contributed by atoms with Gasteiger partial charge >= 0.3 is 0 Å². The second-order valence-corrected chi connectivity index (χ2v) is 9.74. The Kier molecular flexibility index (Phi) is 4.80. The van der Waals surface area contributed by atoms with E-state index in [0.717, 1.165) is 24.5 Å². The van der Waals surface area contributed by atoms with Crippen LogP contribution in [-0.2, 0) is 20.0 Å². The Labute approximate surface area is 152 Å². The Morgan fingerprint density at radius 2 is 1.60 bits per heavy atom. The molecule has 1 fully saturated rings. The SMILES string of the molecule is Cc1ccc(NS(=O)(=O)c2cccc(S(=O)(=O)NC3CC3)c2)cc1Cl. The summed E-state index contributed by atoms with van der Waals surface area (Å²) in [6, 6.07) is 9.98. The predicted molar refractivity (Wildman–Crippen MR) is 96.8 cm³/mol. The molecule has 3 rings (SSSR count). The molecular formula is C16H17ClN2O4S2. The summed E-state index contributed by atoms with van der Waals surface area (Å²) < 4.78 is 54.5. The van der Waals surface area contributed by atoms with Gasteiger partial charge < -0.3 is 0 Å². The van der Waals surface area contributed by atoms with Crippen LogP contribution in [0.2, 0.25) is 5.02 Å². The lowest BCUT2D eigenvalue weighted by Crippen LogP contribution is -2.26. The normalized spacial score (nSPS) is 15.1. The Morgan fingerprint density at radius 1 is 0.960 bits per heavy atom. The average Bonchev–Trinajstić information content (AvgIpc) is 3.34. The smallest absolute Gasteiger partial charge is 0.261 e. The first-order valence-electron chi connectivity index (χ1n) is 7.59. The van der Waals surface area contributed by atoms with Gasteiger partial charge in [-0.2, -0.15) is 0 Å². The monoisotopic (exact) mass is 400 g/mol. The van der Waals surface area contributed by atoms with Gasteiger partial charge in [0.15, 0.2) is 0 Å². The summed E-state index contributed by atoms with van der Waals surface area (Å²) in [7, 11) is -7.67. The zero-order valence-electron chi connectivity index (χ0n) is 13.4. The molecule has 9 heteroatoms. The Hall–Kier alpha value is -1.61. The fourth-order valence-electron chi connectivity index (χ4n) is 2.17. The van der Waals surface area contributed by atoms with Crippen LogP contribution in [0.15, 0.2) is 52.3 Å². The number of halogens is 1. The van der Waals surface area contributed by atoms with E-state index in [9.17, 15) is 16.8 Å². The van der Waals surface area contributed by atoms with Gasteiger partial charge in [0.25, 0.3) is 10.0 Å². The average molecular weight is 401 g/mol. The van der Waals surface area contributed by atoms with Gasteiger partial charge in [-0.15, -0.1) is 0 Å². The third-order valence-electron chi connectivity index (χ3n) is 3.75. The minimum absolute atomic E-state index is 0.0573. The second kappa shape index (κ2) is 6.60. The first-order valence-corrected chi connectivity index (χ1v) is 10.9. The van der Waals surface area contributed by atoms with Crippen molar-refractivity contribution in [1.29, 1.82) is 0 Å². The highest BCUT2D eigenvalue weighted by Gasteiger charge is 2.28. The van der Waals surface area contributed by atoms with Crippen LogP contribution in [0.25, 0.3) is 0 Å². The van der Waals surface area contributed by atoms with Crippen molar-refractivity contribution < 1.29 is 16.8 Å². The number of nitrogens with one attached hydrogen (secondary N) is 2. The fraction of sp³-hybridized carbons (Fsp3) is 0.250. The highest BCUT2D eigenvalue weighted by atomic mass is 35.5. The van der Waals surface area contributed by atoms with Gasteiger partial charge in [0.2, 0.25) is 10.0 Å². The molecule has 1 saturated carbocycles. The van der Waals surface area contributed by atoms with Gasteiger partial charge in [0.05, 0.1) is 15.5 Å². The van der Waals surface area contributed by atoms with Crippen molar-refractivity contribution in [2.75, 3.05) is 4.72 Å². The summed E-state index contributed by atoms with van der Waals surface area (Å²) >= 11 is 6.01. The predicted octanol–water partition coefficient (Wildman–Crippen LogP) is 2.89. The van der Waals surface area contributed by atoms with Gasteiger partial charge in [-0.3, -0.25) is 4.72 Å². The molecule has 1 aliphatic carbocycles. The number of aryl methyl sites for hydroxylation is 1. The van der Waals surface area contributed by atoms with Crippen LogP contribution in [0.3, 0.4) is 0 Å². The lowest BCUT2D eigenvalue weighted by Gasteiger charge is -2.11. The molecular weight excluding hydrogens is 384 g/mol. The lowest BCUT2D eigenvalue weighted by atomic mass is 10.2. The molecule has 0 heterocycles. The van der Waals surface area contributed by atoms with Crippen LogP contribution in [-0.4, -0.2) is 22.9 Å². The molecule has 0 amide bonds. The maximum atomic E-state index is 12.5. The van der Waals surface area contributed by atoms with E-state index in [4.69, 9.17) is 11.6 Å². The van der Waals surface area contributed by atoms with Crippen LogP contribution >= 0.6 is 11.6 Å². The molecule has 0 aromatic heterocycles. The molecule has 2 aromatic carbocycles. The van der Waals surface area contributed by atoms with E-state index in [0.29, 0.717) is 10.7 Å². The largest absolute Gasteiger partial charge is 0.280 e. The van der Waals surface area contributed by atoms with Crippen molar-refractivity contribution >= 4 is 37.3 Å². The van der Waals surface area contributed by atoms with E-state index in [-0.39, 0.29) is 15.8 Å². The van der Waals surface area contributed by atoms with Crippen molar-refractivity contribution in [3.05, 3.63) is 53.1 Å². The van der Waals surface area contributed by atoms with Crippen LogP contribution < -0.4 is 9.44 Å². The lowest BCUT2D eigenvalue weighted by molar-refractivity contribution is 0.580. The summed E-state index contributed by atoms with van der Waals surface area (Å²) in [6.07, 6.45) is 1.60. The fourth-order valence-corrected chi connectivity index (χ4v) is 4.87. The maximum absolute atomic E-state index is 12.5. The van der Waals surface area contributed by atoms with Crippen LogP contribution in [0.5, 0.6) is 0 Å². The molecule has 1 aliphatic rings. The van der Waals surface area contributed by atoms with E-state index in [1.165, 1.54) is 24.3 Å². The quantitative estimate of drug-likeness (QED) is 0.779. The minimum Gasteiger partial charge on any atom is -0.280 e. The molecule has 0 radical (unpaired) electrons. The van der Waals surface area contributed by atoms with Gasteiger partial charge in [-0.25, -0.2) is 21.6 Å². The Morgan fingerprint density at radius 3 is 2.20 bits per heavy atom. The van der Waals surface area contributed by atoms with Gasteiger partial charge in [-0.1, -0.05) is 23.7 Å². The zero-order chi connectivity index (χ0) is 18.2. The van der Waals surface area contributed by atoms with E-state index in [1.54, 1.807) is 12.1 Å². The summed E-state index contributed by atoms with van der Waals surface area (Å²) in [5, 5.41) is 0.435. The molecule has 0 spiro atoms. The standard InChI is InChI=1S/C16H17ClN2O4S2/c1-11-5-6-13(9-16(11)17)19-25(22,23)15-4-2-3-14(10-15)24(20,21)18-12-7-8-12/h2-6,9-10,12,18-19H,7-8H2,1H3. The molecule has 2 aromatic rings. The minimum atomic E-state index is -3.94. The van der Waals surface area contributed by atoms with Gasteiger partial charge in [0.1, 0.15) is 0 Å². The van der Waals surface area contributed by atoms with Crippen molar-refractivity contribution in [3.63, 3.8) is 0 Å². The number of rotatable bonds is 6. The van der Waals surface area contributed by atoms with Crippen molar-refractivity contribution in [1.82, 2.24) is 4.72 Å². The third-order valence-corrected chi connectivity index (χ3v) is 7.05. The molecule has 2 N–H and O–H groups in total. The van der Waals surface area contributed by atoms with E-state index in [1.807, 2.05) is 6.92 Å². The van der Waals surface area contributed by atoms with Gasteiger partial charge in [0, 0.05) is 11.1 Å². The van der Waals surface area contributed by atoms with Crippen LogP contribution in [0.1, 0.15) is 18.4 Å². The third kappa shape index (κ3) is 4.33. The number of benzene rings is 2. The zero-order valence-corrected chi connectivity index (χ0v) is 15.7. The summed E-state index contributed by atoms with van der Waals surface area (Å²) in [5.74, 6) is 0. The number of sulfonamides is 2. The van der Waals surface area contributed by atoms with Crippen molar-refractivity contribution in [3.8, 4) is 0 Å². The first kappa shape index (κ1) is 18.2. The highest BCUT2D eigenvalue weighted by Crippen LogP contribution is 2.25. The Balaban J connectivity index is 1.89. The molecule has 0 atom stereocenters. The number of hydrogen-bond donors (Lipinski definition) is 2. The van der Waals surface area contributed by atoms with Crippen LogP contribution in [0.4, 0.5) is 5.69 Å². The molecule has 6 nitrogen and oxygen atoms in total. The second-order valence-electron chi connectivity index (χ2n) is 5.94. The maximum Gasteiger partial charge on any atom is 0.261 e. The summed E-state index contributed by atoms with van der Waals surface area (Å²) in [6.45, 7) is 1.81. The number of hydrogen-bond acceptors (Lipinski definition) is 4. The van der Waals surface area contributed by atoms with Crippen molar-refractivity contribution in [2.24, 2.45) is 0 Å². The molecule has 0 aliphatic heterocycles. The van der Waals surface area contributed by atoms with E-state index >= 15 is 0 Å². The topological polar surface area (TPSA) is 92.3 Å². The van der Waals surface area contributed by atoms with Crippen LogP contribution in [0, 0.1) is 6.92 Å². The van der Waals surface area contributed by atoms with E-state index in [2.05, 4.69) is 9.44 Å².